The highest BCUT2D eigenvalue weighted by Crippen LogP contribution is 2.30. The van der Waals surface area contributed by atoms with Crippen molar-refractivity contribution in [1.29, 1.82) is 0 Å². The van der Waals surface area contributed by atoms with E-state index in [9.17, 15) is 4.39 Å². The first kappa shape index (κ1) is 46.8. The minimum absolute atomic E-state index is 0. The van der Waals surface area contributed by atoms with E-state index in [0.29, 0.717) is 0 Å². The summed E-state index contributed by atoms with van der Waals surface area (Å²) < 4.78 is 12.9. The predicted molar refractivity (Wildman–Crippen MR) is 290 cm³/mol. The molecule has 4 nitrogen and oxygen atoms in total. The molecule has 0 radical (unpaired) electrons. The van der Waals surface area contributed by atoms with Crippen LogP contribution in [0.5, 0.6) is 0 Å². The van der Waals surface area contributed by atoms with Crippen LogP contribution in [-0.4, -0.2) is 19.9 Å². The second kappa shape index (κ2) is 22.2. The summed E-state index contributed by atoms with van der Waals surface area (Å²) in [7, 11) is 0. The summed E-state index contributed by atoms with van der Waals surface area (Å²) in [6, 6.07) is 73.2. The summed E-state index contributed by atoms with van der Waals surface area (Å²) in [6.45, 7) is 6.29. The maximum Gasteiger partial charge on any atom is 0.123 e. The van der Waals surface area contributed by atoms with Crippen molar-refractivity contribution in [1.82, 2.24) is 19.9 Å². The molecule has 12 aromatic rings. The van der Waals surface area contributed by atoms with Gasteiger partial charge in [-0.15, -0.1) is 0 Å². The Morgan fingerprint density at radius 3 is 0.725 bits per heavy atom. The molecule has 0 saturated heterocycles. The van der Waals surface area contributed by atoms with E-state index >= 15 is 0 Å². The Labute approximate surface area is 404 Å². The van der Waals surface area contributed by atoms with Crippen LogP contribution in [0.3, 0.4) is 0 Å². The molecule has 0 aliphatic carbocycles. The summed E-state index contributed by atoms with van der Waals surface area (Å²) >= 11 is 0. The number of rotatable bonds is 4. The molecular formula is C64H53FN4. The Morgan fingerprint density at radius 1 is 0.261 bits per heavy atom. The van der Waals surface area contributed by atoms with Gasteiger partial charge < -0.3 is 0 Å². The number of aromatic nitrogens is 4. The van der Waals surface area contributed by atoms with Crippen LogP contribution >= 0.6 is 0 Å². The molecule has 0 aliphatic heterocycles. The van der Waals surface area contributed by atoms with Crippen LogP contribution in [0.1, 0.15) is 24.1 Å². The first-order valence-electron chi connectivity index (χ1n) is 22.7. The summed E-state index contributed by atoms with van der Waals surface area (Å²) in [4.78, 5) is 17.9. The van der Waals surface area contributed by atoms with E-state index in [4.69, 9.17) is 0 Å². The molecule has 0 aliphatic rings. The minimum atomic E-state index is -0.228. The fraction of sp³-hybridized carbons (Fsp3) is 0.0625. The first-order chi connectivity index (χ1) is 33.4. The molecule has 0 saturated carbocycles. The Hall–Kier alpha value is -8.67. The van der Waals surface area contributed by atoms with Crippen LogP contribution in [0.25, 0.3) is 88.1 Å². The van der Waals surface area contributed by atoms with Crippen LogP contribution in [0.15, 0.2) is 243 Å². The van der Waals surface area contributed by atoms with E-state index in [1.165, 1.54) is 77.8 Å². The highest BCUT2D eigenvalue weighted by molar-refractivity contribution is 5.97. The fourth-order valence-electron chi connectivity index (χ4n) is 8.14. The van der Waals surface area contributed by atoms with Gasteiger partial charge in [0.15, 0.2) is 0 Å². The van der Waals surface area contributed by atoms with Crippen molar-refractivity contribution in [3.63, 3.8) is 0 Å². The van der Waals surface area contributed by atoms with Gasteiger partial charge in [0.2, 0.25) is 0 Å². The molecule has 0 fully saturated rings. The van der Waals surface area contributed by atoms with Gasteiger partial charge in [-0.05, 0) is 90.8 Å². The van der Waals surface area contributed by atoms with Gasteiger partial charge in [-0.1, -0.05) is 194 Å². The summed E-state index contributed by atoms with van der Waals surface area (Å²) in [5.74, 6) is -0.228. The number of hydrogen-bond acceptors (Lipinski definition) is 4. The molecule has 4 aromatic heterocycles. The maximum absolute atomic E-state index is 12.9. The van der Waals surface area contributed by atoms with Crippen LogP contribution in [-0.2, 0) is 0 Å². The summed E-state index contributed by atoms with van der Waals surface area (Å²) in [5, 5.41) is 9.55. The van der Waals surface area contributed by atoms with E-state index in [-0.39, 0.29) is 13.2 Å². The molecule has 0 spiro atoms. The minimum Gasteiger partial charge on any atom is -0.256 e. The number of fused-ring (bicyclic) bond motifs is 4. The average molecular weight is 897 g/mol. The van der Waals surface area contributed by atoms with E-state index in [0.717, 1.165) is 39.1 Å². The molecule has 8 aromatic carbocycles. The topological polar surface area (TPSA) is 51.6 Å². The van der Waals surface area contributed by atoms with Crippen LogP contribution in [0.2, 0.25) is 0 Å². The smallest absolute Gasteiger partial charge is 0.123 e. The Balaban J connectivity index is 0.000000123. The second-order valence-electron chi connectivity index (χ2n) is 16.6. The molecule has 5 heteroatoms. The van der Waals surface area contributed by atoms with Gasteiger partial charge in [0.1, 0.15) is 5.82 Å². The lowest BCUT2D eigenvalue weighted by Gasteiger charge is -2.05. The van der Waals surface area contributed by atoms with Crippen LogP contribution < -0.4 is 0 Å². The molecule has 336 valence electrons. The van der Waals surface area contributed by atoms with E-state index < -0.39 is 0 Å². The zero-order valence-corrected chi connectivity index (χ0v) is 38.3. The van der Waals surface area contributed by atoms with Gasteiger partial charge in [-0.2, -0.15) is 0 Å². The number of nitrogens with zero attached hydrogens (tertiary/aromatic N) is 4. The van der Waals surface area contributed by atoms with Crippen molar-refractivity contribution in [3.05, 3.63) is 266 Å². The summed E-state index contributed by atoms with van der Waals surface area (Å²) in [6.07, 6.45) is 7.40. The monoisotopic (exact) mass is 896 g/mol. The van der Waals surface area contributed by atoms with E-state index in [1.807, 2.05) is 67.1 Å². The van der Waals surface area contributed by atoms with E-state index in [1.54, 1.807) is 18.3 Å². The molecule has 0 N–H and O–H groups in total. The highest BCUT2D eigenvalue weighted by atomic mass is 19.1. The third-order valence-corrected chi connectivity index (χ3v) is 11.8. The molecule has 0 unspecified atom stereocenters. The van der Waals surface area contributed by atoms with Gasteiger partial charge in [-0.25, -0.2) is 4.39 Å². The van der Waals surface area contributed by atoms with Gasteiger partial charge in [0.25, 0.3) is 0 Å². The predicted octanol–water partition coefficient (Wildman–Crippen LogP) is 17.3. The molecule has 4 heterocycles. The summed E-state index contributed by atoms with van der Waals surface area (Å²) in [5.41, 5.74) is 12.3. The molecule has 69 heavy (non-hydrogen) atoms. The standard InChI is InChI=1S/3C16H13N.C15H10FN.CH4/c3*1-12-6-8-14(9-7-12)16-15-5-3-2-4-13(15)10-11-17-16;16-13-7-5-12(6-8-13)15-14-4-2-1-3-11(14)9-10-17-15;/h3*2-11H,1H3;1-10H;1H4. The van der Waals surface area contributed by atoms with Crippen LogP contribution in [0, 0.1) is 26.6 Å². The van der Waals surface area contributed by atoms with E-state index in [2.05, 4.69) is 186 Å². The second-order valence-corrected chi connectivity index (χ2v) is 16.6. The maximum atomic E-state index is 12.9. The van der Waals surface area contributed by atoms with Crippen LogP contribution in [0.4, 0.5) is 4.39 Å². The lowest BCUT2D eigenvalue weighted by Crippen LogP contribution is -1.85. The zero-order chi connectivity index (χ0) is 46.7. The lowest BCUT2D eigenvalue weighted by molar-refractivity contribution is 0.628. The number of halogens is 1. The molecule has 0 atom stereocenters. The molecule has 12 rings (SSSR count). The Morgan fingerprint density at radius 2 is 0.478 bits per heavy atom. The molecule has 0 amide bonds. The third-order valence-electron chi connectivity index (χ3n) is 11.8. The van der Waals surface area contributed by atoms with Gasteiger partial charge in [0.05, 0.1) is 22.8 Å². The molecular weight excluding hydrogens is 844 g/mol. The zero-order valence-electron chi connectivity index (χ0n) is 38.3. The fourth-order valence-corrected chi connectivity index (χ4v) is 8.14. The van der Waals surface area contributed by atoms with Crippen molar-refractivity contribution in [2.75, 3.05) is 0 Å². The molecule has 0 bridgehead atoms. The Bertz CT molecular complexity index is 3080. The number of aryl methyl sites for hydroxylation is 3. The lowest BCUT2D eigenvalue weighted by atomic mass is 10.0. The Kier molecular flexibility index (Phi) is 15.1. The SMILES string of the molecule is C.Cc1ccc(-c2nccc3ccccc23)cc1.Cc1ccc(-c2nccc3ccccc23)cc1.Cc1ccc(-c2nccc3ccccc23)cc1.Fc1ccc(-c2nccc3ccccc23)cc1. The quantitative estimate of drug-likeness (QED) is 0.177. The normalized spacial score (nSPS) is 10.5. The van der Waals surface area contributed by atoms with Crippen molar-refractivity contribution < 1.29 is 4.39 Å². The average Bonchev–Trinajstić information content (AvgIpc) is 3.40. The van der Waals surface area contributed by atoms with Gasteiger partial charge in [-0.3, -0.25) is 19.9 Å². The van der Waals surface area contributed by atoms with Crippen molar-refractivity contribution >= 4 is 43.1 Å². The third kappa shape index (κ3) is 11.3. The van der Waals surface area contributed by atoms with Crippen molar-refractivity contribution in [2.24, 2.45) is 0 Å². The largest absolute Gasteiger partial charge is 0.256 e. The van der Waals surface area contributed by atoms with Gasteiger partial charge in [0, 0.05) is 68.6 Å². The number of hydrogen-bond donors (Lipinski definition) is 0. The van der Waals surface area contributed by atoms with Gasteiger partial charge >= 0.3 is 0 Å². The van der Waals surface area contributed by atoms with Crippen molar-refractivity contribution in [3.8, 4) is 45.0 Å². The number of benzene rings is 8. The highest BCUT2D eigenvalue weighted by Gasteiger charge is 2.08. The first-order valence-corrected chi connectivity index (χ1v) is 22.7. The number of pyridine rings is 4. The van der Waals surface area contributed by atoms with Crippen molar-refractivity contribution in [2.45, 2.75) is 28.2 Å².